The smallest absolute Gasteiger partial charge is 0.410 e. The van der Waals surface area contributed by atoms with E-state index in [1.54, 1.807) is 17.0 Å². The van der Waals surface area contributed by atoms with Crippen molar-refractivity contribution in [1.29, 1.82) is 0 Å². The number of ether oxygens (including phenoxy) is 1. The summed E-state index contributed by atoms with van der Waals surface area (Å²) >= 11 is 0. The van der Waals surface area contributed by atoms with Crippen LogP contribution in [-0.4, -0.2) is 65.5 Å². The van der Waals surface area contributed by atoms with E-state index < -0.39 is 17.6 Å². The zero-order valence-corrected chi connectivity index (χ0v) is 29.0. The number of para-hydroxylation sites is 2. The van der Waals surface area contributed by atoms with Gasteiger partial charge in [0.15, 0.2) is 5.58 Å². The number of nitrogens with zero attached hydrogens (tertiary/aromatic N) is 3. The van der Waals surface area contributed by atoms with Crippen molar-refractivity contribution in [3.63, 3.8) is 0 Å². The number of ketones is 1. The van der Waals surface area contributed by atoms with E-state index in [1.165, 1.54) is 0 Å². The SMILES string of the molecule is CCCC(NC(=O)C(CC(C)C)c1cccc(-c2ccc(N3CCN(C(=O)OC(C)(C)C)CC3)cc2)c1)C(=O)c1nc2ccccc2o1. The van der Waals surface area contributed by atoms with Crippen LogP contribution in [0.3, 0.4) is 0 Å². The van der Waals surface area contributed by atoms with Crippen molar-refractivity contribution < 1.29 is 23.5 Å². The molecule has 1 aliphatic rings. The first-order chi connectivity index (χ1) is 22.9. The average molecular weight is 653 g/mol. The van der Waals surface area contributed by atoms with E-state index in [0.29, 0.717) is 37.0 Å². The number of nitrogens with one attached hydrogen (secondary N) is 1. The van der Waals surface area contributed by atoms with Gasteiger partial charge in [-0.1, -0.05) is 75.7 Å². The van der Waals surface area contributed by atoms with E-state index in [1.807, 2.05) is 52.0 Å². The molecule has 9 nitrogen and oxygen atoms in total. The van der Waals surface area contributed by atoms with E-state index in [-0.39, 0.29) is 29.6 Å². The zero-order chi connectivity index (χ0) is 34.4. The number of aromatic nitrogens is 1. The molecule has 2 atom stereocenters. The number of piperazine rings is 1. The molecule has 254 valence electrons. The molecule has 3 aromatic carbocycles. The molecule has 1 fully saturated rings. The van der Waals surface area contributed by atoms with Crippen molar-refractivity contribution in [2.45, 2.75) is 78.4 Å². The summed E-state index contributed by atoms with van der Waals surface area (Å²) in [6.45, 7) is 14.5. The van der Waals surface area contributed by atoms with Gasteiger partial charge in [0.1, 0.15) is 11.1 Å². The van der Waals surface area contributed by atoms with Gasteiger partial charge < -0.3 is 24.3 Å². The summed E-state index contributed by atoms with van der Waals surface area (Å²) in [4.78, 5) is 48.3. The van der Waals surface area contributed by atoms with Crippen molar-refractivity contribution in [3.05, 3.63) is 84.3 Å². The standard InChI is InChI=1S/C39H48N4O5/c1-7-11-33(35(44)37-41-32-14-8-9-15-34(32)47-37)40-36(45)31(24-26(2)3)29-13-10-12-28(25-29)27-16-18-30(19-17-27)42-20-22-43(23-21-42)38(46)48-39(4,5)6/h8-10,12-19,25-26,31,33H,7,11,20-24H2,1-6H3,(H,40,45). The van der Waals surface area contributed by atoms with Crippen molar-refractivity contribution in [1.82, 2.24) is 15.2 Å². The van der Waals surface area contributed by atoms with Gasteiger partial charge in [-0.25, -0.2) is 9.78 Å². The van der Waals surface area contributed by atoms with Crippen LogP contribution in [0.15, 0.2) is 77.2 Å². The highest BCUT2D eigenvalue weighted by Gasteiger charge is 2.30. The van der Waals surface area contributed by atoms with Gasteiger partial charge in [-0.2, -0.15) is 0 Å². The van der Waals surface area contributed by atoms with Crippen LogP contribution in [0.1, 0.15) is 83.0 Å². The number of amides is 2. The molecule has 48 heavy (non-hydrogen) atoms. The number of carbonyl (C=O) groups excluding carboxylic acids is 3. The molecular formula is C39H48N4O5. The summed E-state index contributed by atoms with van der Waals surface area (Å²) in [5.74, 6) is -0.640. The summed E-state index contributed by atoms with van der Waals surface area (Å²) in [6.07, 6.45) is 1.58. The van der Waals surface area contributed by atoms with Gasteiger partial charge in [0, 0.05) is 31.9 Å². The Morgan fingerprint density at radius 1 is 0.917 bits per heavy atom. The number of hydrogen-bond acceptors (Lipinski definition) is 7. The number of rotatable bonds is 11. The van der Waals surface area contributed by atoms with E-state index in [4.69, 9.17) is 9.15 Å². The minimum Gasteiger partial charge on any atom is -0.444 e. The molecule has 2 amide bonds. The lowest BCUT2D eigenvalue weighted by Gasteiger charge is -2.36. The molecule has 2 heterocycles. The van der Waals surface area contributed by atoms with Crippen LogP contribution in [0.4, 0.5) is 10.5 Å². The van der Waals surface area contributed by atoms with Gasteiger partial charge in [0.05, 0.1) is 12.0 Å². The molecule has 9 heteroatoms. The second kappa shape index (κ2) is 15.0. The normalized spacial score (nSPS) is 15.0. The Bertz CT molecular complexity index is 1680. The lowest BCUT2D eigenvalue weighted by atomic mass is 9.87. The molecule has 2 unspecified atom stereocenters. The molecule has 0 saturated carbocycles. The van der Waals surface area contributed by atoms with Crippen LogP contribution in [0.25, 0.3) is 22.2 Å². The van der Waals surface area contributed by atoms with Gasteiger partial charge in [0.2, 0.25) is 11.7 Å². The number of carbonyl (C=O) groups is 3. The fourth-order valence-corrected chi connectivity index (χ4v) is 6.10. The van der Waals surface area contributed by atoms with Crippen LogP contribution in [0.5, 0.6) is 0 Å². The van der Waals surface area contributed by atoms with Gasteiger partial charge in [0.25, 0.3) is 5.89 Å². The Kier molecular flexibility index (Phi) is 10.9. The highest BCUT2D eigenvalue weighted by Crippen LogP contribution is 2.30. The number of oxazole rings is 1. The van der Waals surface area contributed by atoms with Crippen molar-refractivity contribution >= 4 is 34.6 Å². The van der Waals surface area contributed by atoms with Crippen molar-refractivity contribution in [2.75, 3.05) is 31.1 Å². The van der Waals surface area contributed by atoms with Gasteiger partial charge in [-0.05, 0) is 80.5 Å². The minimum atomic E-state index is -0.730. The summed E-state index contributed by atoms with van der Waals surface area (Å²) in [5.41, 5.74) is 4.72. The fraction of sp³-hybridized carbons (Fsp3) is 0.436. The monoisotopic (exact) mass is 652 g/mol. The van der Waals surface area contributed by atoms with Crippen LogP contribution in [0, 0.1) is 5.92 Å². The lowest BCUT2D eigenvalue weighted by Crippen LogP contribution is -2.50. The molecule has 5 rings (SSSR count). The minimum absolute atomic E-state index is 0.0192. The van der Waals surface area contributed by atoms with Gasteiger partial charge in [-0.15, -0.1) is 0 Å². The molecule has 0 aliphatic carbocycles. The van der Waals surface area contributed by atoms with E-state index in [0.717, 1.165) is 41.9 Å². The van der Waals surface area contributed by atoms with Gasteiger partial charge >= 0.3 is 6.09 Å². The third kappa shape index (κ3) is 8.62. The summed E-state index contributed by atoms with van der Waals surface area (Å²) in [5, 5.41) is 3.06. The molecule has 0 radical (unpaired) electrons. The third-order valence-corrected chi connectivity index (χ3v) is 8.52. The third-order valence-electron chi connectivity index (χ3n) is 8.52. The van der Waals surface area contributed by atoms with Crippen LogP contribution in [0.2, 0.25) is 0 Å². The Balaban J connectivity index is 1.28. The molecule has 1 aromatic heterocycles. The number of Topliss-reactive ketones (excluding diaryl/α,β-unsaturated/α-hetero) is 1. The zero-order valence-electron chi connectivity index (χ0n) is 29.0. The van der Waals surface area contributed by atoms with E-state index >= 15 is 0 Å². The predicted molar refractivity (Wildman–Crippen MR) is 189 cm³/mol. The number of anilines is 1. The molecule has 4 aromatic rings. The Morgan fingerprint density at radius 3 is 2.27 bits per heavy atom. The lowest BCUT2D eigenvalue weighted by molar-refractivity contribution is -0.123. The first-order valence-corrected chi connectivity index (χ1v) is 17.0. The maximum atomic E-state index is 13.9. The first kappa shape index (κ1) is 34.7. The average Bonchev–Trinajstić information content (AvgIpc) is 3.50. The Labute approximate surface area is 283 Å². The molecule has 0 bridgehead atoms. The second-order valence-electron chi connectivity index (χ2n) is 14.0. The molecular weight excluding hydrogens is 604 g/mol. The molecule has 1 aliphatic heterocycles. The summed E-state index contributed by atoms with van der Waals surface area (Å²) in [7, 11) is 0. The maximum absolute atomic E-state index is 13.9. The Hall–Kier alpha value is -4.66. The fourth-order valence-electron chi connectivity index (χ4n) is 6.10. The quantitative estimate of drug-likeness (QED) is 0.165. The van der Waals surface area contributed by atoms with Crippen LogP contribution >= 0.6 is 0 Å². The van der Waals surface area contributed by atoms with E-state index in [2.05, 4.69) is 65.4 Å². The molecule has 1 saturated heterocycles. The van der Waals surface area contributed by atoms with Gasteiger partial charge in [-0.3, -0.25) is 9.59 Å². The number of fused-ring (bicyclic) bond motifs is 1. The number of benzene rings is 3. The summed E-state index contributed by atoms with van der Waals surface area (Å²) < 4.78 is 11.3. The Morgan fingerprint density at radius 2 is 1.62 bits per heavy atom. The second-order valence-corrected chi connectivity index (χ2v) is 14.0. The highest BCUT2D eigenvalue weighted by molar-refractivity contribution is 6.00. The van der Waals surface area contributed by atoms with Crippen LogP contribution < -0.4 is 10.2 Å². The number of hydrogen-bond donors (Lipinski definition) is 1. The first-order valence-electron chi connectivity index (χ1n) is 17.0. The topological polar surface area (TPSA) is 105 Å². The van der Waals surface area contributed by atoms with Crippen molar-refractivity contribution in [3.8, 4) is 11.1 Å². The highest BCUT2D eigenvalue weighted by atomic mass is 16.6. The van der Waals surface area contributed by atoms with E-state index in [9.17, 15) is 14.4 Å². The molecule has 0 spiro atoms. The van der Waals surface area contributed by atoms with Crippen molar-refractivity contribution in [2.24, 2.45) is 5.92 Å². The largest absolute Gasteiger partial charge is 0.444 e. The summed E-state index contributed by atoms with van der Waals surface area (Å²) in [6, 6.07) is 23.1. The molecule has 1 N–H and O–H groups in total. The van der Waals surface area contributed by atoms with Crippen LogP contribution in [-0.2, 0) is 9.53 Å². The maximum Gasteiger partial charge on any atom is 0.410 e. The predicted octanol–water partition coefficient (Wildman–Crippen LogP) is 7.85.